The highest BCUT2D eigenvalue weighted by atomic mass is 16.4. The molecule has 1 aromatic rings. The molecular formula is C15H23N3O2. The lowest BCUT2D eigenvalue weighted by molar-refractivity contribution is 0.0696. The van der Waals surface area contributed by atoms with Crippen molar-refractivity contribution in [2.24, 2.45) is 0 Å². The van der Waals surface area contributed by atoms with Crippen LogP contribution in [0.3, 0.4) is 0 Å². The molecule has 0 radical (unpaired) electrons. The molecule has 2 rings (SSSR count). The van der Waals surface area contributed by atoms with Crippen molar-refractivity contribution in [3.8, 4) is 0 Å². The third-order valence-corrected chi connectivity index (χ3v) is 4.11. The van der Waals surface area contributed by atoms with Crippen LogP contribution < -0.4 is 4.90 Å². The molecule has 1 fully saturated rings. The summed E-state index contributed by atoms with van der Waals surface area (Å²) in [7, 11) is 2.13. The molecule has 110 valence electrons. The molecule has 1 saturated heterocycles. The molecule has 0 amide bonds. The quantitative estimate of drug-likeness (QED) is 0.915. The maximum atomic E-state index is 11.5. The third kappa shape index (κ3) is 2.77. The van der Waals surface area contributed by atoms with Crippen LogP contribution >= 0.6 is 0 Å². The largest absolute Gasteiger partial charge is 0.478 e. The van der Waals surface area contributed by atoms with Gasteiger partial charge in [-0.1, -0.05) is 6.92 Å². The zero-order valence-corrected chi connectivity index (χ0v) is 12.7. The highest BCUT2D eigenvalue weighted by molar-refractivity contribution is 5.95. The molecule has 20 heavy (non-hydrogen) atoms. The average molecular weight is 277 g/mol. The van der Waals surface area contributed by atoms with E-state index in [4.69, 9.17) is 0 Å². The fourth-order valence-corrected chi connectivity index (χ4v) is 2.93. The Morgan fingerprint density at radius 1 is 1.45 bits per heavy atom. The summed E-state index contributed by atoms with van der Waals surface area (Å²) < 4.78 is 0. The van der Waals surface area contributed by atoms with E-state index in [2.05, 4.69) is 28.8 Å². The van der Waals surface area contributed by atoms with Crippen molar-refractivity contribution in [3.05, 3.63) is 23.0 Å². The summed E-state index contributed by atoms with van der Waals surface area (Å²) in [5, 5.41) is 9.47. The molecule has 1 N–H and O–H groups in total. The molecule has 0 aromatic carbocycles. The number of carboxylic acids is 1. The van der Waals surface area contributed by atoms with Crippen molar-refractivity contribution in [1.29, 1.82) is 0 Å². The van der Waals surface area contributed by atoms with Crippen LogP contribution in [0.25, 0.3) is 0 Å². The van der Waals surface area contributed by atoms with E-state index in [1.807, 2.05) is 13.0 Å². The van der Waals surface area contributed by atoms with Gasteiger partial charge in [-0.05, 0) is 33.4 Å². The van der Waals surface area contributed by atoms with Crippen LogP contribution in [0.2, 0.25) is 0 Å². The van der Waals surface area contributed by atoms with Crippen molar-refractivity contribution in [3.63, 3.8) is 0 Å². The molecule has 1 aliphatic heterocycles. The van der Waals surface area contributed by atoms with Gasteiger partial charge in [-0.3, -0.25) is 9.88 Å². The number of carbonyl (C=O) groups is 1. The van der Waals surface area contributed by atoms with Gasteiger partial charge < -0.3 is 10.0 Å². The summed E-state index contributed by atoms with van der Waals surface area (Å²) in [5.41, 5.74) is 2.62. The number of hydrogen-bond acceptors (Lipinski definition) is 4. The van der Waals surface area contributed by atoms with Crippen molar-refractivity contribution >= 4 is 11.7 Å². The van der Waals surface area contributed by atoms with Crippen LogP contribution in [0.4, 0.5) is 5.69 Å². The molecule has 0 saturated carbocycles. The van der Waals surface area contributed by atoms with E-state index < -0.39 is 5.97 Å². The summed E-state index contributed by atoms with van der Waals surface area (Å²) in [6, 6.07) is 2.37. The predicted octanol–water partition coefficient (Wildman–Crippen LogP) is 1.93. The number of hydrogen-bond donors (Lipinski definition) is 1. The molecule has 1 atom stereocenters. The fraction of sp³-hybridized carbons (Fsp3) is 0.600. The van der Waals surface area contributed by atoms with Gasteiger partial charge in [0.1, 0.15) is 5.56 Å². The van der Waals surface area contributed by atoms with Crippen LogP contribution in [-0.2, 0) is 0 Å². The highest BCUT2D eigenvalue weighted by Gasteiger charge is 2.27. The Balaban J connectivity index is 2.39. The smallest absolute Gasteiger partial charge is 0.339 e. The Bertz CT molecular complexity index is 516. The number of aromatic nitrogens is 1. The van der Waals surface area contributed by atoms with E-state index in [1.54, 1.807) is 6.92 Å². The van der Waals surface area contributed by atoms with Gasteiger partial charge in [-0.2, -0.15) is 0 Å². The number of piperazine rings is 1. The van der Waals surface area contributed by atoms with Gasteiger partial charge in [0.2, 0.25) is 0 Å². The van der Waals surface area contributed by atoms with Gasteiger partial charge in [0.25, 0.3) is 0 Å². The Morgan fingerprint density at radius 3 is 2.75 bits per heavy atom. The fourth-order valence-electron chi connectivity index (χ4n) is 2.93. The van der Waals surface area contributed by atoms with Crippen LogP contribution in [-0.4, -0.2) is 53.7 Å². The van der Waals surface area contributed by atoms with Gasteiger partial charge in [-0.25, -0.2) is 4.79 Å². The summed E-state index contributed by atoms with van der Waals surface area (Å²) in [6.07, 6.45) is 1.07. The van der Waals surface area contributed by atoms with Crippen molar-refractivity contribution in [2.45, 2.75) is 33.2 Å². The minimum Gasteiger partial charge on any atom is -0.478 e. The molecular weight excluding hydrogens is 254 g/mol. The maximum Gasteiger partial charge on any atom is 0.339 e. The van der Waals surface area contributed by atoms with E-state index in [1.165, 1.54) is 0 Å². The number of anilines is 1. The molecule has 1 aromatic heterocycles. The molecule has 2 heterocycles. The number of likely N-dealkylation sites (N-methyl/N-ethyl adjacent to an activating group) is 1. The first-order valence-electron chi connectivity index (χ1n) is 7.10. The Kier molecular flexibility index (Phi) is 4.28. The average Bonchev–Trinajstić information content (AvgIpc) is 2.37. The van der Waals surface area contributed by atoms with Gasteiger partial charge in [0.15, 0.2) is 0 Å². The molecule has 0 aliphatic carbocycles. The first kappa shape index (κ1) is 14.8. The summed E-state index contributed by atoms with van der Waals surface area (Å²) in [5.74, 6) is -0.892. The Hall–Kier alpha value is -1.62. The minimum atomic E-state index is -0.892. The zero-order chi connectivity index (χ0) is 14.9. The van der Waals surface area contributed by atoms with Gasteiger partial charge in [0.05, 0.1) is 11.4 Å². The van der Waals surface area contributed by atoms with Crippen molar-refractivity contribution in [1.82, 2.24) is 9.88 Å². The topological polar surface area (TPSA) is 56.7 Å². The van der Waals surface area contributed by atoms with Crippen LogP contribution in [0, 0.1) is 13.8 Å². The maximum absolute atomic E-state index is 11.5. The highest BCUT2D eigenvalue weighted by Crippen LogP contribution is 2.26. The second kappa shape index (κ2) is 5.79. The lowest BCUT2D eigenvalue weighted by atomic mass is 10.1. The normalized spacial score (nSPS) is 20.2. The Morgan fingerprint density at radius 2 is 2.15 bits per heavy atom. The molecule has 0 spiro atoms. The summed E-state index contributed by atoms with van der Waals surface area (Å²) in [4.78, 5) is 20.4. The molecule has 1 aliphatic rings. The minimum absolute atomic E-state index is 0.343. The van der Waals surface area contributed by atoms with Crippen LogP contribution in [0.5, 0.6) is 0 Å². The number of pyridine rings is 1. The van der Waals surface area contributed by atoms with Crippen LogP contribution in [0.1, 0.15) is 35.1 Å². The predicted molar refractivity (Wildman–Crippen MR) is 79.6 cm³/mol. The lowest BCUT2D eigenvalue weighted by Crippen LogP contribution is -2.51. The molecule has 0 bridgehead atoms. The molecule has 1 unspecified atom stereocenters. The number of aromatic carboxylic acids is 1. The number of aryl methyl sites for hydroxylation is 2. The second-order valence-electron chi connectivity index (χ2n) is 5.54. The van der Waals surface area contributed by atoms with E-state index in [0.717, 1.165) is 37.4 Å². The Labute approximate surface area is 120 Å². The first-order chi connectivity index (χ1) is 9.43. The molecule has 5 heteroatoms. The van der Waals surface area contributed by atoms with Gasteiger partial charge >= 0.3 is 5.97 Å². The third-order valence-electron chi connectivity index (χ3n) is 4.11. The van der Waals surface area contributed by atoms with Gasteiger partial charge in [0, 0.05) is 31.4 Å². The number of carboxylic acid groups (broad SMARTS) is 1. The van der Waals surface area contributed by atoms with Crippen molar-refractivity contribution in [2.75, 3.05) is 31.6 Å². The monoisotopic (exact) mass is 277 g/mol. The molecule has 5 nitrogen and oxygen atoms in total. The van der Waals surface area contributed by atoms with Crippen LogP contribution in [0.15, 0.2) is 6.07 Å². The lowest BCUT2D eigenvalue weighted by Gasteiger charge is -2.41. The first-order valence-corrected chi connectivity index (χ1v) is 7.10. The SMILES string of the molecule is CCC1CN(c2cc(C)nc(C)c2C(=O)O)CCN1C. The van der Waals surface area contributed by atoms with Gasteiger partial charge in [-0.15, -0.1) is 0 Å². The van der Waals surface area contributed by atoms with E-state index in [0.29, 0.717) is 17.3 Å². The summed E-state index contributed by atoms with van der Waals surface area (Å²) in [6.45, 7) is 8.54. The van der Waals surface area contributed by atoms with E-state index in [9.17, 15) is 9.90 Å². The number of rotatable bonds is 3. The van der Waals surface area contributed by atoms with Crippen molar-refractivity contribution < 1.29 is 9.90 Å². The van der Waals surface area contributed by atoms with E-state index in [-0.39, 0.29) is 0 Å². The standard InChI is InChI=1S/C15H23N3O2/c1-5-12-9-18(7-6-17(12)4)13-8-10(2)16-11(3)14(13)15(19)20/h8,12H,5-7,9H2,1-4H3,(H,19,20). The number of nitrogens with zero attached hydrogens (tertiary/aromatic N) is 3. The summed E-state index contributed by atoms with van der Waals surface area (Å²) >= 11 is 0. The zero-order valence-electron chi connectivity index (χ0n) is 12.7. The second-order valence-corrected chi connectivity index (χ2v) is 5.54. The van der Waals surface area contributed by atoms with E-state index >= 15 is 0 Å².